The van der Waals surface area contributed by atoms with E-state index in [2.05, 4.69) is 4.98 Å². The lowest BCUT2D eigenvalue weighted by atomic mass is 10.2. The monoisotopic (exact) mass is 326 g/mol. The van der Waals surface area contributed by atoms with E-state index in [1.807, 2.05) is 24.3 Å². The first-order valence-electron chi connectivity index (χ1n) is 7.15. The molecule has 0 atom stereocenters. The molecule has 0 saturated carbocycles. The van der Waals surface area contributed by atoms with Crippen molar-refractivity contribution in [1.82, 2.24) is 9.88 Å². The first-order chi connectivity index (χ1) is 11.1. The molecule has 3 aromatic rings. The summed E-state index contributed by atoms with van der Waals surface area (Å²) in [7, 11) is 1.71. The molecular formula is C18H15FN2OS. The van der Waals surface area contributed by atoms with Gasteiger partial charge in [-0.05, 0) is 24.3 Å². The fraction of sp³-hybridized carbons (Fsp3) is 0.111. The highest BCUT2D eigenvalue weighted by Crippen LogP contribution is 2.22. The van der Waals surface area contributed by atoms with Gasteiger partial charge in [-0.25, -0.2) is 9.37 Å². The molecule has 3 nitrogen and oxygen atoms in total. The van der Waals surface area contributed by atoms with Crippen LogP contribution in [0, 0.1) is 5.82 Å². The molecule has 2 aromatic carbocycles. The van der Waals surface area contributed by atoms with Crippen LogP contribution in [0.25, 0.3) is 16.3 Å². The van der Waals surface area contributed by atoms with Gasteiger partial charge in [0, 0.05) is 18.7 Å². The number of hydrogen-bond donors (Lipinski definition) is 0. The van der Waals surface area contributed by atoms with Gasteiger partial charge in [-0.3, -0.25) is 4.79 Å². The lowest BCUT2D eigenvalue weighted by Gasteiger charge is -2.12. The van der Waals surface area contributed by atoms with Gasteiger partial charge in [0.05, 0.1) is 16.8 Å². The fourth-order valence-electron chi connectivity index (χ4n) is 2.17. The minimum atomic E-state index is -0.342. The Morgan fingerprint density at radius 2 is 1.96 bits per heavy atom. The van der Waals surface area contributed by atoms with E-state index in [4.69, 9.17) is 0 Å². The van der Waals surface area contributed by atoms with Gasteiger partial charge in [-0.15, -0.1) is 11.3 Å². The third-order valence-corrected chi connectivity index (χ3v) is 4.42. The molecule has 116 valence electrons. The summed E-state index contributed by atoms with van der Waals surface area (Å²) in [5.41, 5.74) is 1.34. The van der Waals surface area contributed by atoms with Crippen molar-refractivity contribution in [2.75, 3.05) is 7.05 Å². The maximum atomic E-state index is 13.5. The van der Waals surface area contributed by atoms with Crippen molar-refractivity contribution in [3.63, 3.8) is 0 Å². The Morgan fingerprint density at radius 3 is 2.74 bits per heavy atom. The van der Waals surface area contributed by atoms with Gasteiger partial charge < -0.3 is 4.90 Å². The Morgan fingerprint density at radius 1 is 1.22 bits per heavy atom. The van der Waals surface area contributed by atoms with Crippen LogP contribution in [0.2, 0.25) is 0 Å². The molecule has 0 fully saturated rings. The SMILES string of the molecule is CN(Cc1nc2ccccc2s1)C(=O)/C=C/c1ccccc1F. The normalized spacial score (nSPS) is 11.2. The van der Waals surface area contributed by atoms with Crippen LogP contribution in [0.15, 0.2) is 54.6 Å². The van der Waals surface area contributed by atoms with Crippen LogP contribution in [-0.2, 0) is 11.3 Å². The Bertz CT molecular complexity index is 839. The Labute approximate surface area is 137 Å². The zero-order valence-corrected chi connectivity index (χ0v) is 13.4. The van der Waals surface area contributed by atoms with E-state index in [0.29, 0.717) is 12.1 Å². The number of nitrogens with zero attached hydrogens (tertiary/aromatic N) is 2. The number of carbonyl (C=O) groups excluding carboxylic acids is 1. The number of para-hydroxylation sites is 1. The number of amides is 1. The number of thiazole rings is 1. The number of benzene rings is 2. The summed E-state index contributed by atoms with van der Waals surface area (Å²) in [5, 5.41) is 0.876. The lowest BCUT2D eigenvalue weighted by molar-refractivity contribution is -0.125. The molecule has 0 aliphatic heterocycles. The van der Waals surface area contributed by atoms with Crippen LogP contribution < -0.4 is 0 Å². The van der Waals surface area contributed by atoms with Gasteiger partial charge >= 0.3 is 0 Å². The maximum Gasteiger partial charge on any atom is 0.246 e. The van der Waals surface area contributed by atoms with Crippen molar-refractivity contribution in [3.05, 3.63) is 71.0 Å². The minimum absolute atomic E-state index is 0.187. The van der Waals surface area contributed by atoms with E-state index in [1.54, 1.807) is 41.5 Å². The molecule has 5 heteroatoms. The molecule has 1 heterocycles. The molecule has 0 bridgehead atoms. The number of likely N-dealkylation sites (N-methyl/N-ethyl adjacent to an activating group) is 1. The molecule has 0 saturated heterocycles. The highest BCUT2D eigenvalue weighted by molar-refractivity contribution is 7.18. The zero-order valence-electron chi connectivity index (χ0n) is 12.6. The molecule has 0 unspecified atom stereocenters. The van der Waals surface area contributed by atoms with Crippen LogP contribution in [-0.4, -0.2) is 22.8 Å². The topological polar surface area (TPSA) is 33.2 Å². The Hall–Kier alpha value is -2.53. The van der Waals surface area contributed by atoms with Gasteiger partial charge in [0.15, 0.2) is 0 Å². The van der Waals surface area contributed by atoms with Gasteiger partial charge in [-0.2, -0.15) is 0 Å². The molecule has 1 amide bonds. The van der Waals surface area contributed by atoms with Gasteiger partial charge in [0.1, 0.15) is 10.8 Å². The molecular weight excluding hydrogens is 311 g/mol. The molecule has 0 spiro atoms. The maximum absolute atomic E-state index is 13.5. The van der Waals surface area contributed by atoms with E-state index in [-0.39, 0.29) is 11.7 Å². The van der Waals surface area contributed by atoms with Gasteiger partial charge in [0.2, 0.25) is 5.91 Å². The summed E-state index contributed by atoms with van der Waals surface area (Å²) < 4.78 is 14.6. The third-order valence-electron chi connectivity index (χ3n) is 3.40. The number of halogens is 1. The quantitative estimate of drug-likeness (QED) is 0.676. The fourth-order valence-corrected chi connectivity index (χ4v) is 3.19. The molecule has 3 rings (SSSR count). The van der Waals surface area contributed by atoms with Crippen molar-refractivity contribution in [2.24, 2.45) is 0 Å². The second kappa shape index (κ2) is 6.71. The van der Waals surface area contributed by atoms with Crippen molar-refractivity contribution in [2.45, 2.75) is 6.54 Å². The average molecular weight is 326 g/mol. The average Bonchev–Trinajstić information content (AvgIpc) is 2.96. The summed E-state index contributed by atoms with van der Waals surface area (Å²) in [4.78, 5) is 18.2. The van der Waals surface area contributed by atoms with Crippen LogP contribution in [0.4, 0.5) is 4.39 Å². The van der Waals surface area contributed by atoms with E-state index in [0.717, 1.165) is 15.2 Å². The highest BCUT2D eigenvalue weighted by Gasteiger charge is 2.10. The van der Waals surface area contributed by atoms with Crippen molar-refractivity contribution in [1.29, 1.82) is 0 Å². The van der Waals surface area contributed by atoms with Crippen LogP contribution in [0.3, 0.4) is 0 Å². The minimum Gasteiger partial charge on any atom is -0.335 e. The standard InChI is InChI=1S/C18H15FN2OS/c1-21(12-17-20-15-8-4-5-9-16(15)23-17)18(22)11-10-13-6-2-3-7-14(13)19/h2-11H,12H2,1H3/b11-10+. The first kappa shape index (κ1) is 15.4. The second-order valence-electron chi connectivity index (χ2n) is 5.12. The molecule has 23 heavy (non-hydrogen) atoms. The predicted molar refractivity (Wildman–Crippen MR) is 91.5 cm³/mol. The van der Waals surface area contributed by atoms with Crippen LogP contribution in [0.1, 0.15) is 10.6 Å². The van der Waals surface area contributed by atoms with Gasteiger partial charge in [0.25, 0.3) is 0 Å². The second-order valence-corrected chi connectivity index (χ2v) is 6.24. The molecule has 0 aliphatic carbocycles. The summed E-state index contributed by atoms with van der Waals surface area (Å²) in [6.45, 7) is 0.430. The van der Waals surface area contributed by atoms with Gasteiger partial charge in [-0.1, -0.05) is 30.3 Å². The number of hydrogen-bond acceptors (Lipinski definition) is 3. The van der Waals surface area contributed by atoms with E-state index in [9.17, 15) is 9.18 Å². The van der Waals surface area contributed by atoms with Crippen LogP contribution >= 0.6 is 11.3 Å². The smallest absolute Gasteiger partial charge is 0.246 e. The van der Waals surface area contributed by atoms with E-state index in [1.165, 1.54) is 18.2 Å². The Kier molecular flexibility index (Phi) is 4.48. The summed E-state index contributed by atoms with van der Waals surface area (Å²) in [6, 6.07) is 14.2. The summed E-state index contributed by atoms with van der Waals surface area (Å²) in [6.07, 6.45) is 2.87. The van der Waals surface area contributed by atoms with Crippen molar-refractivity contribution >= 4 is 33.5 Å². The largest absolute Gasteiger partial charge is 0.335 e. The number of fused-ring (bicyclic) bond motifs is 1. The zero-order chi connectivity index (χ0) is 16.2. The molecule has 1 aromatic heterocycles. The summed E-state index contributed by atoms with van der Waals surface area (Å²) in [5.74, 6) is -0.530. The summed E-state index contributed by atoms with van der Waals surface area (Å²) >= 11 is 1.57. The third kappa shape index (κ3) is 3.63. The molecule has 0 radical (unpaired) electrons. The van der Waals surface area contributed by atoms with E-state index >= 15 is 0 Å². The highest BCUT2D eigenvalue weighted by atomic mass is 32.1. The molecule has 0 aliphatic rings. The number of aromatic nitrogens is 1. The van der Waals surface area contributed by atoms with Crippen LogP contribution in [0.5, 0.6) is 0 Å². The van der Waals surface area contributed by atoms with E-state index < -0.39 is 0 Å². The van der Waals surface area contributed by atoms with Crippen molar-refractivity contribution in [3.8, 4) is 0 Å². The predicted octanol–water partition coefficient (Wildman–Crippen LogP) is 4.11. The number of carbonyl (C=O) groups is 1. The first-order valence-corrected chi connectivity index (χ1v) is 7.97. The lowest BCUT2D eigenvalue weighted by Crippen LogP contribution is -2.23. The van der Waals surface area contributed by atoms with Crippen molar-refractivity contribution < 1.29 is 9.18 Å². The number of rotatable bonds is 4. The molecule has 0 N–H and O–H groups in total. The Balaban J connectivity index is 1.69.